The molecule has 0 spiro atoms. The molecule has 1 N–H and O–H groups in total. The first-order valence-electron chi connectivity index (χ1n) is 9.99. The van der Waals surface area contributed by atoms with E-state index in [1.807, 2.05) is 6.07 Å². The summed E-state index contributed by atoms with van der Waals surface area (Å²) in [5.41, 5.74) is 2.42. The third-order valence-electron chi connectivity index (χ3n) is 5.63. The highest BCUT2D eigenvalue weighted by Crippen LogP contribution is 2.34. The highest BCUT2D eigenvalue weighted by Gasteiger charge is 2.32. The molecule has 2 aliphatic rings. The summed E-state index contributed by atoms with van der Waals surface area (Å²) < 4.78 is 5.48. The molecule has 2 heterocycles. The van der Waals surface area contributed by atoms with Gasteiger partial charge >= 0.3 is 5.97 Å². The van der Waals surface area contributed by atoms with E-state index >= 15 is 0 Å². The lowest BCUT2D eigenvalue weighted by Crippen LogP contribution is -2.47. The van der Waals surface area contributed by atoms with Crippen LogP contribution >= 0.6 is 11.3 Å². The molecule has 0 saturated heterocycles. The van der Waals surface area contributed by atoms with Gasteiger partial charge in [0, 0.05) is 4.88 Å². The number of esters is 1. The molecule has 1 aromatic carbocycles. The summed E-state index contributed by atoms with van der Waals surface area (Å²) in [6.07, 6.45) is 3.32. The van der Waals surface area contributed by atoms with Crippen molar-refractivity contribution >= 4 is 40.5 Å². The average molecular weight is 413 g/mol. The molecule has 29 heavy (non-hydrogen) atoms. The smallest absolute Gasteiger partial charge is 0.349 e. The first-order chi connectivity index (χ1) is 14.0. The van der Waals surface area contributed by atoms with Gasteiger partial charge in [0.25, 0.3) is 5.91 Å². The predicted octanol–water partition coefficient (Wildman–Crippen LogP) is 3.79. The van der Waals surface area contributed by atoms with Crippen LogP contribution in [-0.2, 0) is 27.2 Å². The minimum Gasteiger partial charge on any atom is -0.448 e. The zero-order chi connectivity index (χ0) is 20.5. The molecule has 2 atom stereocenters. The molecule has 1 aromatic heterocycles. The second kappa shape index (κ2) is 7.99. The second-order valence-corrected chi connectivity index (χ2v) is 8.75. The van der Waals surface area contributed by atoms with Gasteiger partial charge in [0.2, 0.25) is 5.91 Å². The van der Waals surface area contributed by atoms with E-state index < -0.39 is 18.0 Å². The zero-order valence-electron chi connectivity index (χ0n) is 16.6. The van der Waals surface area contributed by atoms with Crippen LogP contribution in [0.25, 0.3) is 0 Å². The fourth-order valence-electron chi connectivity index (χ4n) is 3.97. The van der Waals surface area contributed by atoms with Crippen molar-refractivity contribution in [1.82, 2.24) is 0 Å². The molecule has 0 saturated carbocycles. The molecule has 7 heteroatoms. The number of amides is 2. The molecule has 1 aliphatic heterocycles. The Balaban J connectivity index is 1.46. The van der Waals surface area contributed by atoms with Gasteiger partial charge in [-0.05, 0) is 55.9 Å². The predicted molar refractivity (Wildman–Crippen MR) is 112 cm³/mol. The number of fused-ring (bicyclic) bond motifs is 2. The highest BCUT2D eigenvalue weighted by atomic mass is 32.1. The molecule has 2 amide bonds. The number of thiophene rings is 1. The zero-order valence-corrected chi connectivity index (χ0v) is 17.4. The van der Waals surface area contributed by atoms with E-state index in [0.29, 0.717) is 22.2 Å². The quantitative estimate of drug-likeness (QED) is 0.775. The summed E-state index contributed by atoms with van der Waals surface area (Å²) in [6, 6.07) is 9.01. The van der Waals surface area contributed by atoms with Crippen LogP contribution in [0.1, 0.15) is 46.8 Å². The van der Waals surface area contributed by atoms with Crippen molar-refractivity contribution in [3.63, 3.8) is 0 Å². The number of aryl methyl sites for hydroxylation is 1. The SMILES string of the molecule is CC[C@@H]1CCc2sc(C(=O)O[C@H](C)C(=O)N3CC(=O)Nc4ccccc43)cc2C1. The molecule has 0 radical (unpaired) electrons. The van der Waals surface area contributed by atoms with Crippen LogP contribution in [0.4, 0.5) is 11.4 Å². The fourth-order valence-corrected chi connectivity index (χ4v) is 5.06. The van der Waals surface area contributed by atoms with Gasteiger partial charge in [-0.25, -0.2) is 4.79 Å². The second-order valence-electron chi connectivity index (χ2n) is 7.61. The topological polar surface area (TPSA) is 75.7 Å². The lowest BCUT2D eigenvalue weighted by Gasteiger charge is -2.30. The van der Waals surface area contributed by atoms with E-state index in [9.17, 15) is 14.4 Å². The lowest BCUT2D eigenvalue weighted by molar-refractivity contribution is -0.128. The van der Waals surface area contributed by atoms with Crippen LogP contribution in [0.15, 0.2) is 30.3 Å². The number of benzene rings is 1. The summed E-state index contributed by atoms with van der Waals surface area (Å²) in [4.78, 5) is 40.7. The third-order valence-corrected chi connectivity index (χ3v) is 6.85. The largest absolute Gasteiger partial charge is 0.448 e. The number of anilines is 2. The molecule has 2 aromatic rings. The first-order valence-corrected chi connectivity index (χ1v) is 10.8. The van der Waals surface area contributed by atoms with Gasteiger partial charge in [-0.1, -0.05) is 25.5 Å². The molecule has 6 nitrogen and oxygen atoms in total. The van der Waals surface area contributed by atoms with Crippen molar-refractivity contribution in [2.24, 2.45) is 5.92 Å². The number of nitrogens with zero attached hydrogens (tertiary/aromatic N) is 1. The number of hydrogen-bond acceptors (Lipinski definition) is 5. The molecule has 152 valence electrons. The Labute approximate surface area is 173 Å². The molecule has 0 fully saturated rings. The molecule has 0 unspecified atom stereocenters. The molecular weight excluding hydrogens is 388 g/mol. The van der Waals surface area contributed by atoms with Gasteiger partial charge in [-0.15, -0.1) is 11.3 Å². The Morgan fingerprint density at radius 1 is 1.34 bits per heavy atom. The van der Waals surface area contributed by atoms with Crippen LogP contribution in [0.5, 0.6) is 0 Å². The molecule has 1 aliphatic carbocycles. The normalized spacial score (nSPS) is 19.0. The van der Waals surface area contributed by atoms with Gasteiger partial charge in [-0.2, -0.15) is 0 Å². The Morgan fingerprint density at radius 2 is 2.14 bits per heavy atom. The lowest BCUT2D eigenvalue weighted by atomic mass is 9.87. The summed E-state index contributed by atoms with van der Waals surface area (Å²) >= 11 is 1.47. The van der Waals surface area contributed by atoms with Crippen LogP contribution < -0.4 is 10.2 Å². The first kappa shape index (κ1) is 19.6. The number of carbonyl (C=O) groups is 3. The van der Waals surface area contributed by atoms with Gasteiger partial charge in [0.05, 0.1) is 11.4 Å². The van der Waals surface area contributed by atoms with E-state index in [0.717, 1.165) is 25.7 Å². The summed E-state index contributed by atoms with van der Waals surface area (Å²) in [5.74, 6) is -0.486. The van der Waals surface area contributed by atoms with Crippen molar-refractivity contribution < 1.29 is 19.1 Å². The van der Waals surface area contributed by atoms with Crippen LogP contribution in [0.2, 0.25) is 0 Å². The van der Waals surface area contributed by atoms with Gasteiger partial charge in [-0.3, -0.25) is 14.5 Å². The van der Waals surface area contributed by atoms with Crippen molar-refractivity contribution in [3.05, 3.63) is 45.6 Å². The van der Waals surface area contributed by atoms with Crippen molar-refractivity contribution in [1.29, 1.82) is 0 Å². The van der Waals surface area contributed by atoms with Gasteiger partial charge < -0.3 is 10.1 Å². The average Bonchev–Trinajstić information content (AvgIpc) is 3.15. The Hall–Kier alpha value is -2.67. The summed E-state index contributed by atoms with van der Waals surface area (Å²) in [7, 11) is 0. The Bertz CT molecular complexity index is 967. The molecular formula is C22H24N2O4S. The highest BCUT2D eigenvalue weighted by molar-refractivity contribution is 7.14. The van der Waals surface area contributed by atoms with Gasteiger partial charge in [0.15, 0.2) is 6.10 Å². The fraction of sp³-hybridized carbons (Fsp3) is 0.409. The van der Waals surface area contributed by atoms with E-state index in [4.69, 9.17) is 4.74 Å². The van der Waals surface area contributed by atoms with Crippen LogP contribution in [0.3, 0.4) is 0 Å². The number of rotatable bonds is 4. The number of nitrogens with one attached hydrogen (secondary N) is 1. The minimum atomic E-state index is -0.982. The van der Waals surface area contributed by atoms with Crippen LogP contribution in [0, 0.1) is 5.92 Å². The van der Waals surface area contributed by atoms with Crippen molar-refractivity contribution in [2.75, 3.05) is 16.8 Å². The maximum absolute atomic E-state index is 12.9. The van der Waals surface area contributed by atoms with Crippen molar-refractivity contribution in [2.45, 2.75) is 45.6 Å². The van der Waals surface area contributed by atoms with Gasteiger partial charge in [0.1, 0.15) is 11.4 Å². The number of ether oxygens (including phenoxy) is 1. The van der Waals surface area contributed by atoms with E-state index in [1.165, 1.54) is 26.7 Å². The summed E-state index contributed by atoms with van der Waals surface area (Å²) in [6.45, 7) is 3.66. The number of carbonyl (C=O) groups excluding carboxylic acids is 3. The number of para-hydroxylation sites is 2. The Morgan fingerprint density at radius 3 is 2.93 bits per heavy atom. The van der Waals surface area contributed by atoms with Crippen molar-refractivity contribution in [3.8, 4) is 0 Å². The monoisotopic (exact) mass is 412 g/mol. The third kappa shape index (κ3) is 3.92. The van der Waals surface area contributed by atoms with Crippen LogP contribution in [-0.4, -0.2) is 30.4 Å². The van der Waals surface area contributed by atoms with E-state index in [-0.39, 0.29) is 12.5 Å². The standard InChI is InChI=1S/C22H24N2O4S/c1-3-14-8-9-18-15(10-14)11-19(29-18)22(27)28-13(2)21(26)24-12-20(25)23-16-6-4-5-7-17(16)24/h4-7,11,13-14H,3,8-10,12H2,1-2H3,(H,23,25)/t13-,14-/m1/s1. The minimum absolute atomic E-state index is 0.0938. The molecule has 0 bridgehead atoms. The maximum atomic E-state index is 12.9. The maximum Gasteiger partial charge on any atom is 0.349 e. The Kier molecular flexibility index (Phi) is 5.41. The summed E-state index contributed by atoms with van der Waals surface area (Å²) in [5, 5.41) is 2.75. The van der Waals surface area contributed by atoms with E-state index in [2.05, 4.69) is 12.2 Å². The van der Waals surface area contributed by atoms with E-state index in [1.54, 1.807) is 31.2 Å². The molecule has 4 rings (SSSR count). The number of hydrogen-bond donors (Lipinski definition) is 1.